The van der Waals surface area contributed by atoms with Crippen molar-refractivity contribution < 1.29 is 0 Å². The summed E-state index contributed by atoms with van der Waals surface area (Å²) in [4.78, 5) is 11.5. The molecule has 0 aliphatic rings. The Morgan fingerprint density at radius 3 is 3.00 bits per heavy atom. The summed E-state index contributed by atoms with van der Waals surface area (Å²) in [5, 5.41) is 11.6. The highest BCUT2D eigenvalue weighted by molar-refractivity contribution is 7.98. The molecule has 102 valence electrons. The highest BCUT2D eigenvalue weighted by Crippen LogP contribution is 2.19. The first-order chi connectivity index (χ1) is 9.11. The molecule has 19 heavy (non-hydrogen) atoms. The molecule has 0 spiro atoms. The van der Waals surface area contributed by atoms with E-state index < -0.39 is 0 Å². The van der Waals surface area contributed by atoms with Crippen LogP contribution < -0.4 is 5.69 Å². The van der Waals surface area contributed by atoms with Crippen LogP contribution >= 0.6 is 11.8 Å². The molecule has 2 aromatic rings. The first-order valence-electron chi connectivity index (χ1n) is 6.04. The fourth-order valence-corrected chi connectivity index (χ4v) is 2.44. The minimum atomic E-state index is -0.213. The Bertz CT molecular complexity index is 610. The standard InChI is InChI=1S/C12H17N5OS/c1-4-6-16-11(18)13-14-12(16)19-8-10-5-7-17(15-10)9(2)3/h4-5,7,9H,1,6,8H2,2-3H3,(H,13,18). The van der Waals surface area contributed by atoms with Gasteiger partial charge in [-0.1, -0.05) is 17.8 Å². The normalized spacial score (nSPS) is 11.1. The van der Waals surface area contributed by atoms with Crippen molar-refractivity contribution in [2.45, 2.75) is 37.3 Å². The lowest BCUT2D eigenvalue weighted by Crippen LogP contribution is -2.16. The van der Waals surface area contributed by atoms with Crippen LogP contribution in [-0.2, 0) is 12.3 Å². The predicted molar refractivity (Wildman–Crippen MR) is 75.2 cm³/mol. The number of rotatable bonds is 6. The Balaban J connectivity index is 2.05. The zero-order chi connectivity index (χ0) is 13.8. The monoisotopic (exact) mass is 279 g/mol. The van der Waals surface area contributed by atoms with E-state index in [1.54, 1.807) is 10.6 Å². The van der Waals surface area contributed by atoms with Crippen molar-refractivity contribution in [2.24, 2.45) is 0 Å². The minimum Gasteiger partial charge on any atom is -0.270 e. The number of aromatic nitrogens is 5. The maximum atomic E-state index is 11.5. The van der Waals surface area contributed by atoms with Gasteiger partial charge in [0.25, 0.3) is 0 Å². The van der Waals surface area contributed by atoms with Crippen LogP contribution in [0.25, 0.3) is 0 Å². The van der Waals surface area contributed by atoms with Crippen LogP contribution in [0.2, 0.25) is 0 Å². The third-order valence-electron chi connectivity index (χ3n) is 2.58. The summed E-state index contributed by atoms with van der Waals surface area (Å²) in [6.07, 6.45) is 3.64. The number of nitrogens with one attached hydrogen (secondary N) is 1. The zero-order valence-corrected chi connectivity index (χ0v) is 11.9. The average Bonchev–Trinajstić information content (AvgIpc) is 2.96. The van der Waals surface area contributed by atoms with Gasteiger partial charge in [0.15, 0.2) is 5.16 Å². The van der Waals surface area contributed by atoms with Crippen LogP contribution in [0.5, 0.6) is 0 Å². The molecule has 0 aromatic carbocycles. The molecule has 0 fully saturated rings. The molecule has 2 aromatic heterocycles. The van der Waals surface area contributed by atoms with Gasteiger partial charge in [-0.05, 0) is 19.9 Å². The Hall–Kier alpha value is -1.76. The second kappa shape index (κ2) is 5.92. The Morgan fingerprint density at radius 1 is 1.58 bits per heavy atom. The average molecular weight is 279 g/mol. The zero-order valence-electron chi connectivity index (χ0n) is 11.0. The molecule has 6 nitrogen and oxygen atoms in total. The number of allylic oxidation sites excluding steroid dienone is 1. The van der Waals surface area contributed by atoms with Gasteiger partial charge in [0.05, 0.1) is 5.69 Å². The van der Waals surface area contributed by atoms with E-state index in [0.29, 0.717) is 23.5 Å². The summed E-state index contributed by atoms with van der Waals surface area (Å²) in [6.45, 7) is 8.25. The Labute approximate surface area is 115 Å². The summed E-state index contributed by atoms with van der Waals surface area (Å²) in [6, 6.07) is 2.33. The second-order valence-corrected chi connectivity index (χ2v) is 5.32. The van der Waals surface area contributed by atoms with Crippen LogP contribution in [-0.4, -0.2) is 24.5 Å². The first-order valence-corrected chi connectivity index (χ1v) is 7.03. The highest BCUT2D eigenvalue weighted by Gasteiger charge is 2.09. The lowest BCUT2D eigenvalue weighted by molar-refractivity contribution is 0.528. The van der Waals surface area contributed by atoms with Gasteiger partial charge in [0.2, 0.25) is 0 Å². The lowest BCUT2D eigenvalue weighted by Gasteiger charge is -2.04. The molecule has 0 bridgehead atoms. The molecule has 2 rings (SSSR count). The Kier molecular flexibility index (Phi) is 4.26. The fourth-order valence-electron chi connectivity index (χ4n) is 1.58. The van der Waals surface area contributed by atoms with Crippen molar-refractivity contribution in [1.82, 2.24) is 24.5 Å². The molecule has 0 saturated carbocycles. The summed E-state index contributed by atoms with van der Waals surface area (Å²) in [7, 11) is 0. The number of hydrogen-bond acceptors (Lipinski definition) is 4. The summed E-state index contributed by atoms with van der Waals surface area (Å²) >= 11 is 1.48. The van der Waals surface area contributed by atoms with Crippen LogP contribution in [0.1, 0.15) is 25.6 Å². The van der Waals surface area contributed by atoms with E-state index in [1.165, 1.54) is 11.8 Å². The van der Waals surface area contributed by atoms with Crippen LogP contribution in [0, 0.1) is 0 Å². The van der Waals surface area contributed by atoms with Gasteiger partial charge in [0, 0.05) is 24.5 Å². The van der Waals surface area contributed by atoms with Crippen molar-refractivity contribution in [3.05, 3.63) is 41.1 Å². The largest absolute Gasteiger partial charge is 0.344 e. The lowest BCUT2D eigenvalue weighted by atomic mass is 10.4. The van der Waals surface area contributed by atoms with E-state index in [-0.39, 0.29) is 5.69 Å². The Morgan fingerprint density at radius 2 is 2.37 bits per heavy atom. The van der Waals surface area contributed by atoms with E-state index in [0.717, 1.165) is 5.69 Å². The van der Waals surface area contributed by atoms with Gasteiger partial charge in [-0.15, -0.1) is 11.7 Å². The van der Waals surface area contributed by atoms with E-state index in [2.05, 4.69) is 35.7 Å². The quantitative estimate of drug-likeness (QED) is 0.647. The molecule has 2 heterocycles. The SMILES string of the molecule is C=CCn1c(SCc2ccn(C(C)C)n2)n[nH]c1=O. The number of thioether (sulfide) groups is 1. The molecule has 0 aliphatic heterocycles. The smallest absolute Gasteiger partial charge is 0.270 e. The topological polar surface area (TPSA) is 68.5 Å². The van der Waals surface area contributed by atoms with Gasteiger partial charge in [-0.3, -0.25) is 9.25 Å². The third kappa shape index (κ3) is 3.17. The predicted octanol–water partition coefficient (Wildman–Crippen LogP) is 1.83. The van der Waals surface area contributed by atoms with Crippen molar-refractivity contribution in [1.29, 1.82) is 0 Å². The summed E-state index contributed by atoms with van der Waals surface area (Å²) in [5.74, 6) is 0.682. The van der Waals surface area contributed by atoms with Gasteiger partial charge in [-0.25, -0.2) is 9.89 Å². The van der Waals surface area contributed by atoms with Crippen LogP contribution in [0.3, 0.4) is 0 Å². The first kappa shape index (κ1) is 13.7. The van der Waals surface area contributed by atoms with Crippen molar-refractivity contribution in [3.63, 3.8) is 0 Å². The van der Waals surface area contributed by atoms with Crippen molar-refractivity contribution in [2.75, 3.05) is 0 Å². The molecule has 0 atom stereocenters. The number of hydrogen-bond donors (Lipinski definition) is 1. The minimum absolute atomic E-state index is 0.213. The molecule has 0 saturated heterocycles. The molecule has 0 radical (unpaired) electrons. The highest BCUT2D eigenvalue weighted by atomic mass is 32.2. The molecule has 0 unspecified atom stereocenters. The summed E-state index contributed by atoms with van der Waals surface area (Å²) in [5.41, 5.74) is 0.759. The third-order valence-corrected chi connectivity index (χ3v) is 3.59. The van der Waals surface area contributed by atoms with E-state index in [4.69, 9.17) is 0 Å². The molecular formula is C12H17N5OS. The van der Waals surface area contributed by atoms with Crippen molar-refractivity contribution in [3.8, 4) is 0 Å². The van der Waals surface area contributed by atoms with Gasteiger partial charge in [0.1, 0.15) is 0 Å². The van der Waals surface area contributed by atoms with Crippen molar-refractivity contribution >= 4 is 11.8 Å². The van der Waals surface area contributed by atoms with Gasteiger partial charge >= 0.3 is 5.69 Å². The molecular weight excluding hydrogens is 262 g/mol. The van der Waals surface area contributed by atoms with Crippen LogP contribution in [0.4, 0.5) is 0 Å². The van der Waals surface area contributed by atoms with E-state index in [9.17, 15) is 4.79 Å². The maximum absolute atomic E-state index is 11.5. The van der Waals surface area contributed by atoms with Crippen LogP contribution in [0.15, 0.2) is 34.9 Å². The van der Waals surface area contributed by atoms with E-state index in [1.807, 2.05) is 16.9 Å². The molecule has 0 amide bonds. The number of H-pyrrole nitrogens is 1. The molecule has 1 N–H and O–H groups in total. The number of nitrogens with zero attached hydrogens (tertiary/aromatic N) is 4. The van der Waals surface area contributed by atoms with E-state index >= 15 is 0 Å². The molecule has 0 aliphatic carbocycles. The number of aromatic amines is 1. The molecule has 7 heteroatoms. The van der Waals surface area contributed by atoms with Gasteiger partial charge in [-0.2, -0.15) is 5.10 Å². The summed E-state index contributed by atoms with van der Waals surface area (Å²) < 4.78 is 3.47. The maximum Gasteiger partial charge on any atom is 0.344 e. The second-order valence-electron chi connectivity index (χ2n) is 4.38. The fraction of sp³-hybridized carbons (Fsp3) is 0.417. The van der Waals surface area contributed by atoms with Gasteiger partial charge < -0.3 is 0 Å².